The van der Waals surface area contributed by atoms with Gasteiger partial charge in [0.25, 0.3) is 8.32 Å². The van der Waals surface area contributed by atoms with E-state index in [4.69, 9.17) is 10.2 Å². The third-order valence-electron chi connectivity index (χ3n) is 6.29. The van der Waals surface area contributed by atoms with Crippen LogP contribution in [0.15, 0.2) is 97.1 Å². The standard InChI is InChI=1S/C29H38N2O3SSi/c1-29(2,3)36(25-17-9-7-10-18-25,26-19-11-8-12-20-26)34-24-16-6-5-15-23-31(35(4,32)33)28-22-14-13-21-27(28)30/h5,7-15,17-22H,6,16,23-24,30H2,1-4H3/b15-5+. The van der Waals surface area contributed by atoms with Crippen molar-refractivity contribution in [3.8, 4) is 0 Å². The van der Waals surface area contributed by atoms with Gasteiger partial charge in [0.2, 0.25) is 10.0 Å². The summed E-state index contributed by atoms with van der Waals surface area (Å²) in [5, 5.41) is 2.48. The molecule has 0 aliphatic rings. The third kappa shape index (κ3) is 6.46. The number of hydrogen-bond donors (Lipinski definition) is 1. The number of unbranched alkanes of at least 4 members (excludes halogenated alkanes) is 1. The molecule has 0 aliphatic heterocycles. The lowest BCUT2D eigenvalue weighted by molar-refractivity contribution is 0.293. The molecular formula is C29H38N2O3SSi. The molecule has 0 aliphatic carbocycles. The van der Waals surface area contributed by atoms with Gasteiger partial charge in [0.15, 0.2) is 0 Å². The van der Waals surface area contributed by atoms with Gasteiger partial charge >= 0.3 is 0 Å². The average Bonchev–Trinajstić information content (AvgIpc) is 2.83. The van der Waals surface area contributed by atoms with E-state index in [1.54, 1.807) is 24.3 Å². The van der Waals surface area contributed by atoms with Crippen LogP contribution in [0.4, 0.5) is 11.4 Å². The first-order valence-electron chi connectivity index (χ1n) is 12.3. The van der Waals surface area contributed by atoms with Crippen LogP contribution >= 0.6 is 0 Å². The summed E-state index contributed by atoms with van der Waals surface area (Å²) in [5.74, 6) is 0. The normalized spacial score (nSPS) is 12.7. The topological polar surface area (TPSA) is 72.6 Å². The van der Waals surface area contributed by atoms with Gasteiger partial charge in [0.1, 0.15) is 0 Å². The summed E-state index contributed by atoms with van der Waals surface area (Å²) in [5.41, 5.74) is 6.96. The van der Waals surface area contributed by atoms with E-state index >= 15 is 0 Å². The van der Waals surface area contributed by atoms with Crippen molar-refractivity contribution in [1.29, 1.82) is 0 Å². The van der Waals surface area contributed by atoms with Crippen molar-refractivity contribution in [3.63, 3.8) is 0 Å². The zero-order valence-corrected chi connectivity index (χ0v) is 23.5. The number of nitrogens with zero attached hydrogens (tertiary/aromatic N) is 1. The fourth-order valence-electron chi connectivity index (χ4n) is 4.60. The van der Waals surface area contributed by atoms with E-state index < -0.39 is 18.3 Å². The Morgan fingerprint density at radius 2 is 1.39 bits per heavy atom. The second kappa shape index (κ2) is 11.9. The molecule has 0 fully saturated rings. The van der Waals surface area contributed by atoms with Crippen LogP contribution in [0.1, 0.15) is 33.6 Å². The molecular weight excluding hydrogens is 484 g/mol. The quantitative estimate of drug-likeness (QED) is 0.167. The molecule has 0 unspecified atom stereocenters. The Morgan fingerprint density at radius 3 is 1.89 bits per heavy atom. The average molecular weight is 523 g/mol. The molecule has 0 aromatic heterocycles. The monoisotopic (exact) mass is 522 g/mol. The van der Waals surface area contributed by atoms with Gasteiger partial charge in [-0.05, 0) is 40.4 Å². The Morgan fingerprint density at radius 1 is 0.861 bits per heavy atom. The molecule has 0 radical (unpaired) electrons. The number of rotatable bonds is 11. The highest BCUT2D eigenvalue weighted by Gasteiger charge is 2.49. The lowest BCUT2D eigenvalue weighted by Crippen LogP contribution is -2.66. The van der Waals surface area contributed by atoms with Crippen molar-refractivity contribution in [2.24, 2.45) is 0 Å². The SMILES string of the molecule is CC(C)(C)[Si](OCCC/C=C/CN(c1ccccc1N)S(C)(=O)=O)(c1ccccc1)c1ccccc1. The lowest BCUT2D eigenvalue weighted by atomic mass is 10.2. The number of nitrogen functional groups attached to an aromatic ring is 1. The van der Waals surface area contributed by atoms with Gasteiger partial charge in [-0.15, -0.1) is 0 Å². The second-order valence-corrected chi connectivity index (χ2v) is 16.2. The van der Waals surface area contributed by atoms with Crippen molar-refractivity contribution < 1.29 is 12.8 Å². The smallest absolute Gasteiger partial charge is 0.261 e. The molecule has 7 heteroatoms. The number of para-hydroxylation sites is 2. The summed E-state index contributed by atoms with van der Waals surface area (Å²) in [6.45, 7) is 7.68. The minimum atomic E-state index is -3.45. The molecule has 0 bridgehead atoms. The van der Waals surface area contributed by atoms with Crippen LogP contribution in [0.2, 0.25) is 5.04 Å². The van der Waals surface area contributed by atoms with E-state index in [0.717, 1.165) is 12.8 Å². The maximum atomic E-state index is 12.3. The number of hydrogen-bond acceptors (Lipinski definition) is 4. The van der Waals surface area contributed by atoms with Gasteiger partial charge in [-0.2, -0.15) is 0 Å². The summed E-state index contributed by atoms with van der Waals surface area (Å²) >= 11 is 0. The molecule has 0 heterocycles. The van der Waals surface area contributed by atoms with Crippen molar-refractivity contribution in [3.05, 3.63) is 97.1 Å². The van der Waals surface area contributed by atoms with Crippen LogP contribution < -0.4 is 20.4 Å². The van der Waals surface area contributed by atoms with Gasteiger partial charge in [-0.3, -0.25) is 4.31 Å². The minimum Gasteiger partial charge on any atom is -0.407 e. The number of allylic oxidation sites excluding steroid dienone is 1. The number of nitrogens with two attached hydrogens (primary N) is 1. The van der Waals surface area contributed by atoms with E-state index in [9.17, 15) is 8.42 Å². The van der Waals surface area contributed by atoms with E-state index in [1.165, 1.54) is 20.9 Å². The van der Waals surface area contributed by atoms with Crippen LogP contribution in [-0.4, -0.2) is 36.1 Å². The Bertz CT molecular complexity index is 1200. The lowest BCUT2D eigenvalue weighted by Gasteiger charge is -2.43. The van der Waals surface area contributed by atoms with E-state index in [-0.39, 0.29) is 11.6 Å². The molecule has 3 rings (SSSR count). The molecule has 3 aromatic carbocycles. The fraction of sp³-hybridized carbons (Fsp3) is 0.310. The Labute approximate surface area is 217 Å². The minimum absolute atomic E-state index is 0.0584. The van der Waals surface area contributed by atoms with Gasteiger partial charge < -0.3 is 10.2 Å². The highest BCUT2D eigenvalue weighted by molar-refractivity contribution is 7.92. The first kappa shape index (κ1) is 27.7. The highest BCUT2D eigenvalue weighted by atomic mass is 32.2. The Hall–Kier alpha value is -2.87. The van der Waals surface area contributed by atoms with Crippen LogP contribution in [0, 0.1) is 0 Å². The molecule has 3 aromatic rings. The first-order valence-corrected chi connectivity index (χ1v) is 16.1. The molecule has 192 valence electrons. The predicted octanol–water partition coefficient (Wildman–Crippen LogP) is 4.95. The predicted molar refractivity (Wildman–Crippen MR) is 155 cm³/mol. The zero-order chi connectivity index (χ0) is 26.2. The highest BCUT2D eigenvalue weighted by Crippen LogP contribution is 2.36. The van der Waals surface area contributed by atoms with Gasteiger partial charge in [0, 0.05) is 6.61 Å². The molecule has 0 atom stereocenters. The van der Waals surface area contributed by atoms with Crippen molar-refractivity contribution >= 4 is 40.1 Å². The number of sulfonamides is 1. The maximum absolute atomic E-state index is 12.3. The van der Waals surface area contributed by atoms with E-state index in [2.05, 4.69) is 69.3 Å². The summed E-state index contributed by atoms with van der Waals surface area (Å²) in [6, 6.07) is 28.2. The van der Waals surface area contributed by atoms with Gasteiger partial charge in [0.05, 0.1) is 24.2 Å². The third-order valence-corrected chi connectivity index (χ3v) is 12.5. The molecule has 0 saturated carbocycles. The summed E-state index contributed by atoms with van der Waals surface area (Å²) in [7, 11) is -5.99. The maximum Gasteiger partial charge on any atom is 0.261 e. The largest absolute Gasteiger partial charge is 0.407 e. The molecule has 5 nitrogen and oxygen atoms in total. The first-order chi connectivity index (χ1) is 17.1. The Kier molecular flexibility index (Phi) is 9.17. The van der Waals surface area contributed by atoms with Crippen LogP contribution in [0.25, 0.3) is 0 Å². The summed E-state index contributed by atoms with van der Waals surface area (Å²) in [4.78, 5) is 0. The van der Waals surface area contributed by atoms with Crippen molar-refractivity contribution in [2.75, 3.05) is 29.4 Å². The van der Waals surface area contributed by atoms with Crippen LogP contribution in [0.5, 0.6) is 0 Å². The summed E-state index contributed by atoms with van der Waals surface area (Å²) < 4.78 is 32.9. The van der Waals surface area contributed by atoms with Gasteiger partial charge in [-0.1, -0.05) is 106 Å². The van der Waals surface area contributed by atoms with Crippen molar-refractivity contribution in [2.45, 2.75) is 38.7 Å². The molecule has 0 amide bonds. The molecule has 36 heavy (non-hydrogen) atoms. The molecule has 0 spiro atoms. The molecule has 2 N–H and O–H groups in total. The second-order valence-electron chi connectivity index (χ2n) is 9.98. The van der Waals surface area contributed by atoms with Crippen LogP contribution in [0.3, 0.4) is 0 Å². The van der Waals surface area contributed by atoms with Gasteiger partial charge in [-0.25, -0.2) is 8.42 Å². The molecule has 0 saturated heterocycles. The van der Waals surface area contributed by atoms with E-state index in [0.29, 0.717) is 18.0 Å². The van der Waals surface area contributed by atoms with Crippen molar-refractivity contribution in [1.82, 2.24) is 0 Å². The Balaban J connectivity index is 1.70. The fourth-order valence-corrected chi connectivity index (χ4v) is 10.1. The zero-order valence-electron chi connectivity index (χ0n) is 21.7. The number of anilines is 2. The summed E-state index contributed by atoms with van der Waals surface area (Å²) in [6.07, 6.45) is 6.74. The van der Waals surface area contributed by atoms with E-state index in [1.807, 2.05) is 24.3 Å². The number of benzene rings is 3. The van der Waals surface area contributed by atoms with Crippen LogP contribution in [-0.2, 0) is 14.4 Å².